The molecule has 0 spiro atoms. The van der Waals surface area contributed by atoms with E-state index in [1.807, 2.05) is 17.6 Å². The standard InChI is InChI=1S/C18H17N3O4S/c1-2-25-11-10-20-15-9-8-14(21(23)24)12-16(15)26-18(20)19-17(22)13-6-4-3-5-7-13/h3-9,12H,2,10-11H2,1H3. The normalized spacial score (nSPS) is 11.8. The molecule has 3 aromatic rings. The van der Waals surface area contributed by atoms with Crippen molar-refractivity contribution in [1.82, 2.24) is 4.57 Å². The number of amides is 1. The number of hydrogen-bond acceptors (Lipinski definition) is 5. The highest BCUT2D eigenvalue weighted by Crippen LogP contribution is 2.23. The van der Waals surface area contributed by atoms with E-state index in [4.69, 9.17) is 4.74 Å². The molecule has 1 heterocycles. The van der Waals surface area contributed by atoms with Gasteiger partial charge in [0.1, 0.15) is 0 Å². The molecule has 0 bridgehead atoms. The molecule has 0 unspecified atom stereocenters. The molecule has 2 aromatic carbocycles. The van der Waals surface area contributed by atoms with E-state index in [9.17, 15) is 14.9 Å². The van der Waals surface area contributed by atoms with Gasteiger partial charge in [-0.1, -0.05) is 29.5 Å². The van der Waals surface area contributed by atoms with Crippen molar-refractivity contribution in [3.63, 3.8) is 0 Å². The van der Waals surface area contributed by atoms with Gasteiger partial charge in [-0.05, 0) is 25.1 Å². The number of non-ortho nitro benzene ring substituents is 1. The number of fused-ring (bicyclic) bond motifs is 1. The van der Waals surface area contributed by atoms with Crippen LogP contribution in [0.2, 0.25) is 0 Å². The highest BCUT2D eigenvalue weighted by molar-refractivity contribution is 7.16. The van der Waals surface area contributed by atoms with Gasteiger partial charge in [-0.25, -0.2) is 0 Å². The van der Waals surface area contributed by atoms with Crippen molar-refractivity contribution in [3.05, 3.63) is 69.0 Å². The maximum Gasteiger partial charge on any atom is 0.279 e. The lowest BCUT2D eigenvalue weighted by Gasteiger charge is -2.05. The van der Waals surface area contributed by atoms with Crippen LogP contribution in [0, 0.1) is 10.1 Å². The number of aromatic nitrogens is 1. The van der Waals surface area contributed by atoms with Crippen LogP contribution in [0.5, 0.6) is 0 Å². The first-order chi connectivity index (χ1) is 12.6. The molecule has 0 saturated carbocycles. The third-order valence-electron chi connectivity index (χ3n) is 3.76. The van der Waals surface area contributed by atoms with Gasteiger partial charge in [0.25, 0.3) is 11.6 Å². The number of benzene rings is 2. The molecule has 7 nitrogen and oxygen atoms in total. The van der Waals surface area contributed by atoms with Gasteiger partial charge in [-0.3, -0.25) is 14.9 Å². The van der Waals surface area contributed by atoms with Gasteiger partial charge in [0.05, 0.1) is 21.7 Å². The molecule has 3 rings (SSSR count). The summed E-state index contributed by atoms with van der Waals surface area (Å²) in [4.78, 5) is 27.7. The second-order valence-corrected chi connectivity index (χ2v) is 6.43. The molecule has 0 radical (unpaired) electrons. The first-order valence-electron chi connectivity index (χ1n) is 8.09. The Bertz CT molecular complexity index is 1010. The Kier molecular flexibility index (Phi) is 5.55. The first-order valence-corrected chi connectivity index (χ1v) is 8.91. The maximum absolute atomic E-state index is 12.4. The molecule has 8 heteroatoms. The van der Waals surface area contributed by atoms with Crippen molar-refractivity contribution in [1.29, 1.82) is 0 Å². The second-order valence-electron chi connectivity index (χ2n) is 5.43. The van der Waals surface area contributed by atoms with Crippen LogP contribution in [0.15, 0.2) is 53.5 Å². The molecule has 0 aliphatic heterocycles. The van der Waals surface area contributed by atoms with Gasteiger partial charge in [0.15, 0.2) is 4.80 Å². The maximum atomic E-state index is 12.4. The van der Waals surface area contributed by atoms with E-state index >= 15 is 0 Å². The van der Waals surface area contributed by atoms with Gasteiger partial charge in [-0.2, -0.15) is 4.99 Å². The Morgan fingerprint density at radius 3 is 2.73 bits per heavy atom. The van der Waals surface area contributed by atoms with Crippen molar-refractivity contribution in [3.8, 4) is 0 Å². The summed E-state index contributed by atoms with van der Waals surface area (Å²) in [5.41, 5.74) is 1.30. The zero-order chi connectivity index (χ0) is 18.5. The summed E-state index contributed by atoms with van der Waals surface area (Å²) in [6.07, 6.45) is 0. The van der Waals surface area contributed by atoms with Crippen LogP contribution in [-0.4, -0.2) is 28.6 Å². The molecule has 0 fully saturated rings. The molecular formula is C18H17N3O4S. The van der Waals surface area contributed by atoms with E-state index in [0.717, 1.165) is 5.52 Å². The van der Waals surface area contributed by atoms with Gasteiger partial charge in [0.2, 0.25) is 0 Å². The van der Waals surface area contributed by atoms with Gasteiger partial charge in [0, 0.05) is 30.8 Å². The largest absolute Gasteiger partial charge is 0.380 e. The van der Waals surface area contributed by atoms with E-state index in [1.54, 1.807) is 30.3 Å². The summed E-state index contributed by atoms with van der Waals surface area (Å²) in [5, 5.41) is 11.0. The summed E-state index contributed by atoms with van der Waals surface area (Å²) in [6.45, 7) is 3.46. The van der Waals surface area contributed by atoms with Crippen molar-refractivity contribution in [2.75, 3.05) is 13.2 Å². The van der Waals surface area contributed by atoms with Crippen LogP contribution < -0.4 is 4.80 Å². The fourth-order valence-corrected chi connectivity index (χ4v) is 3.60. The Hall–Kier alpha value is -2.84. The molecular weight excluding hydrogens is 354 g/mol. The minimum atomic E-state index is -0.435. The number of ether oxygens (including phenoxy) is 1. The van der Waals surface area contributed by atoms with Crippen molar-refractivity contribution in [2.24, 2.45) is 4.99 Å². The minimum Gasteiger partial charge on any atom is -0.380 e. The molecule has 1 aromatic heterocycles. The summed E-state index contributed by atoms with van der Waals surface area (Å²) in [7, 11) is 0. The molecule has 0 atom stereocenters. The fourth-order valence-electron chi connectivity index (χ4n) is 2.51. The number of rotatable bonds is 6. The summed E-state index contributed by atoms with van der Waals surface area (Å²) >= 11 is 1.25. The Morgan fingerprint density at radius 1 is 1.27 bits per heavy atom. The van der Waals surface area contributed by atoms with Crippen LogP contribution >= 0.6 is 11.3 Å². The van der Waals surface area contributed by atoms with Crippen molar-refractivity contribution >= 4 is 33.1 Å². The monoisotopic (exact) mass is 371 g/mol. The number of nitrogens with zero attached hydrogens (tertiary/aromatic N) is 3. The van der Waals surface area contributed by atoms with Crippen LogP contribution in [0.1, 0.15) is 17.3 Å². The topological polar surface area (TPSA) is 86.7 Å². The number of carbonyl (C=O) groups excluding carboxylic acids is 1. The molecule has 0 aliphatic carbocycles. The second kappa shape index (κ2) is 8.03. The third-order valence-corrected chi connectivity index (χ3v) is 4.80. The molecule has 0 N–H and O–H groups in total. The summed E-state index contributed by atoms with van der Waals surface area (Å²) in [6, 6.07) is 13.4. The average molecular weight is 371 g/mol. The number of carbonyl (C=O) groups is 1. The van der Waals surface area contributed by atoms with Crippen LogP contribution in [0.3, 0.4) is 0 Å². The fraction of sp³-hybridized carbons (Fsp3) is 0.222. The molecule has 134 valence electrons. The van der Waals surface area contributed by atoms with E-state index in [0.29, 0.717) is 34.8 Å². The third kappa shape index (κ3) is 3.87. The molecule has 26 heavy (non-hydrogen) atoms. The smallest absolute Gasteiger partial charge is 0.279 e. The summed E-state index contributed by atoms with van der Waals surface area (Å²) in [5.74, 6) is -0.350. The lowest BCUT2D eigenvalue weighted by molar-refractivity contribution is -0.384. The molecule has 0 saturated heterocycles. The quantitative estimate of drug-likeness (QED) is 0.377. The number of thiazole rings is 1. The number of hydrogen-bond donors (Lipinski definition) is 0. The minimum absolute atomic E-state index is 0.0108. The predicted octanol–water partition coefficient (Wildman–Crippen LogP) is 3.39. The van der Waals surface area contributed by atoms with E-state index in [1.165, 1.54) is 23.5 Å². The van der Waals surface area contributed by atoms with Crippen LogP contribution in [0.4, 0.5) is 5.69 Å². The molecule has 1 amide bonds. The highest BCUT2D eigenvalue weighted by atomic mass is 32.1. The zero-order valence-corrected chi connectivity index (χ0v) is 14.9. The number of nitro benzene ring substituents is 1. The predicted molar refractivity (Wildman–Crippen MR) is 99.3 cm³/mol. The Balaban J connectivity index is 2.09. The Labute approximate surface area is 153 Å². The molecule has 0 aliphatic rings. The average Bonchev–Trinajstić information content (AvgIpc) is 2.99. The van der Waals surface area contributed by atoms with E-state index < -0.39 is 4.92 Å². The van der Waals surface area contributed by atoms with Gasteiger partial charge in [-0.15, -0.1) is 0 Å². The van der Waals surface area contributed by atoms with E-state index in [2.05, 4.69) is 4.99 Å². The summed E-state index contributed by atoms with van der Waals surface area (Å²) < 4.78 is 7.98. The lowest BCUT2D eigenvalue weighted by Crippen LogP contribution is -2.19. The zero-order valence-electron chi connectivity index (χ0n) is 14.1. The van der Waals surface area contributed by atoms with Crippen molar-refractivity contribution in [2.45, 2.75) is 13.5 Å². The van der Waals surface area contributed by atoms with Crippen molar-refractivity contribution < 1.29 is 14.5 Å². The van der Waals surface area contributed by atoms with E-state index in [-0.39, 0.29) is 11.6 Å². The van der Waals surface area contributed by atoms with Gasteiger partial charge < -0.3 is 9.30 Å². The Morgan fingerprint density at radius 2 is 2.04 bits per heavy atom. The lowest BCUT2D eigenvalue weighted by atomic mass is 10.2. The highest BCUT2D eigenvalue weighted by Gasteiger charge is 2.13. The van der Waals surface area contributed by atoms with Gasteiger partial charge >= 0.3 is 0 Å². The van der Waals surface area contributed by atoms with Crippen LogP contribution in [0.25, 0.3) is 10.2 Å². The SMILES string of the molecule is CCOCCn1c(=NC(=O)c2ccccc2)sc2cc([N+](=O)[O-])ccc21. The van der Waals surface area contributed by atoms with Crippen LogP contribution in [-0.2, 0) is 11.3 Å². The number of nitro groups is 1. The first kappa shape index (κ1) is 18.0.